The highest BCUT2D eigenvalue weighted by molar-refractivity contribution is 6.27. The molecule has 2 rings (SSSR count). The van der Waals surface area contributed by atoms with E-state index in [1.807, 2.05) is 4.90 Å². The number of amides is 1. The number of rotatable bonds is 4. The molecule has 86 valence electrons. The molecule has 0 aromatic carbocycles. The van der Waals surface area contributed by atoms with Crippen LogP contribution in [0.15, 0.2) is 0 Å². The molecule has 0 atom stereocenters. The number of hydrogen-bond donors (Lipinski definition) is 1. The second kappa shape index (κ2) is 5.17. The Hall–Kier alpha value is -0.280. The fourth-order valence-corrected chi connectivity index (χ4v) is 2.24. The van der Waals surface area contributed by atoms with Gasteiger partial charge in [-0.1, -0.05) is 0 Å². The van der Waals surface area contributed by atoms with Crippen molar-refractivity contribution in [3.8, 4) is 0 Å². The Morgan fingerprint density at radius 1 is 1.27 bits per heavy atom. The van der Waals surface area contributed by atoms with Crippen molar-refractivity contribution in [1.29, 1.82) is 0 Å². The Kier molecular flexibility index (Phi) is 3.87. The monoisotopic (exact) mass is 230 g/mol. The minimum absolute atomic E-state index is 0.0808. The highest BCUT2D eigenvalue weighted by Crippen LogP contribution is 2.28. The van der Waals surface area contributed by atoms with Gasteiger partial charge in [0.15, 0.2) is 0 Å². The van der Waals surface area contributed by atoms with E-state index in [1.54, 1.807) is 0 Å². The van der Waals surface area contributed by atoms with Crippen LogP contribution in [-0.4, -0.2) is 42.4 Å². The zero-order valence-corrected chi connectivity index (χ0v) is 9.80. The lowest BCUT2D eigenvalue weighted by Gasteiger charge is -2.32. The first-order chi connectivity index (χ1) is 7.29. The molecular weight excluding hydrogens is 212 g/mol. The van der Waals surface area contributed by atoms with Crippen molar-refractivity contribution in [2.24, 2.45) is 5.92 Å². The summed E-state index contributed by atoms with van der Waals surface area (Å²) in [6.07, 6.45) is 4.96. The highest BCUT2D eigenvalue weighted by atomic mass is 35.5. The minimum atomic E-state index is 0.0808. The van der Waals surface area contributed by atoms with E-state index in [2.05, 4.69) is 5.32 Å². The van der Waals surface area contributed by atoms with E-state index in [4.69, 9.17) is 11.6 Å². The fraction of sp³-hybridized carbons (Fsp3) is 0.909. The molecule has 1 saturated heterocycles. The molecular formula is C11H19ClN2O. The van der Waals surface area contributed by atoms with Gasteiger partial charge < -0.3 is 10.2 Å². The zero-order chi connectivity index (χ0) is 10.7. The third-order valence-corrected chi connectivity index (χ3v) is 3.58. The number of halogens is 1. The maximum atomic E-state index is 11.3. The Bertz CT molecular complexity index is 223. The van der Waals surface area contributed by atoms with Gasteiger partial charge in [0, 0.05) is 19.1 Å². The van der Waals surface area contributed by atoms with Crippen LogP contribution >= 0.6 is 11.6 Å². The minimum Gasteiger partial charge on any atom is -0.342 e. The summed E-state index contributed by atoms with van der Waals surface area (Å²) < 4.78 is 0. The molecule has 15 heavy (non-hydrogen) atoms. The zero-order valence-electron chi connectivity index (χ0n) is 9.04. The molecule has 3 nitrogen and oxygen atoms in total. The normalized spacial score (nSPS) is 23.1. The number of carbonyl (C=O) groups is 1. The van der Waals surface area contributed by atoms with Crippen LogP contribution in [0.4, 0.5) is 0 Å². The summed E-state index contributed by atoms with van der Waals surface area (Å²) in [4.78, 5) is 13.2. The molecule has 0 aromatic rings. The average Bonchev–Trinajstić information content (AvgIpc) is 3.10. The van der Waals surface area contributed by atoms with Gasteiger partial charge in [0.25, 0.3) is 0 Å². The van der Waals surface area contributed by atoms with Crippen LogP contribution in [0.3, 0.4) is 0 Å². The van der Waals surface area contributed by atoms with Crippen LogP contribution in [0.25, 0.3) is 0 Å². The summed E-state index contributed by atoms with van der Waals surface area (Å²) in [5.41, 5.74) is 0. The standard InChI is InChI=1S/C11H19ClN2O/c12-7-11(15)14-5-3-10(4-6-14)13-8-9-1-2-9/h9-10,13H,1-8H2. The van der Waals surface area contributed by atoms with Crippen molar-refractivity contribution in [3.63, 3.8) is 0 Å². The predicted octanol–water partition coefficient (Wildman–Crippen LogP) is 1.22. The molecule has 0 aromatic heterocycles. The molecule has 1 saturated carbocycles. The molecule has 4 heteroatoms. The summed E-state index contributed by atoms with van der Waals surface area (Å²) in [5.74, 6) is 1.14. The molecule has 2 fully saturated rings. The first-order valence-corrected chi connectivity index (χ1v) is 6.40. The fourth-order valence-electron chi connectivity index (χ4n) is 2.07. The highest BCUT2D eigenvalue weighted by Gasteiger charge is 2.25. The largest absolute Gasteiger partial charge is 0.342 e. The number of carbonyl (C=O) groups excluding carboxylic acids is 1. The smallest absolute Gasteiger partial charge is 0.237 e. The predicted molar refractivity (Wildman–Crippen MR) is 61.0 cm³/mol. The molecule has 1 amide bonds. The van der Waals surface area contributed by atoms with Gasteiger partial charge in [-0.2, -0.15) is 0 Å². The Labute approximate surface area is 96.2 Å². The van der Waals surface area contributed by atoms with E-state index in [0.29, 0.717) is 6.04 Å². The van der Waals surface area contributed by atoms with E-state index in [-0.39, 0.29) is 11.8 Å². The topological polar surface area (TPSA) is 32.3 Å². The van der Waals surface area contributed by atoms with Crippen molar-refractivity contribution < 1.29 is 4.79 Å². The maximum absolute atomic E-state index is 11.3. The van der Waals surface area contributed by atoms with Gasteiger partial charge in [-0.15, -0.1) is 11.6 Å². The second-order valence-corrected chi connectivity index (χ2v) is 4.91. The number of hydrogen-bond acceptors (Lipinski definition) is 2. The SMILES string of the molecule is O=C(CCl)N1CCC(NCC2CC2)CC1. The van der Waals surface area contributed by atoms with Crippen LogP contribution < -0.4 is 5.32 Å². The molecule has 1 N–H and O–H groups in total. The number of piperidine rings is 1. The molecule has 0 radical (unpaired) electrons. The number of likely N-dealkylation sites (tertiary alicyclic amines) is 1. The quantitative estimate of drug-likeness (QED) is 0.737. The van der Waals surface area contributed by atoms with Crippen LogP contribution in [0.5, 0.6) is 0 Å². The molecule has 1 heterocycles. The van der Waals surface area contributed by atoms with Crippen molar-refractivity contribution in [3.05, 3.63) is 0 Å². The van der Waals surface area contributed by atoms with Crippen molar-refractivity contribution in [2.75, 3.05) is 25.5 Å². The lowest BCUT2D eigenvalue weighted by molar-refractivity contribution is -0.129. The summed E-state index contributed by atoms with van der Waals surface area (Å²) >= 11 is 5.53. The molecule has 2 aliphatic rings. The van der Waals surface area contributed by atoms with E-state index in [9.17, 15) is 4.79 Å². The lowest BCUT2D eigenvalue weighted by Crippen LogP contribution is -2.45. The third kappa shape index (κ3) is 3.35. The molecule has 0 unspecified atom stereocenters. The summed E-state index contributed by atoms with van der Waals surface area (Å²) in [6.45, 7) is 2.91. The Morgan fingerprint density at radius 3 is 2.47 bits per heavy atom. The van der Waals surface area contributed by atoms with Gasteiger partial charge in [-0.25, -0.2) is 0 Å². The molecule has 0 bridgehead atoms. The van der Waals surface area contributed by atoms with Gasteiger partial charge in [-0.05, 0) is 38.1 Å². The molecule has 0 spiro atoms. The molecule has 1 aliphatic carbocycles. The van der Waals surface area contributed by atoms with E-state index >= 15 is 0 Å². The van der Waals surface area contributed by atoms with E-state index in [0.717, 1.165) is 31.8 Å². The third-order valence-electron chi connectivity index (χ3n) is 3.35. The number of nitrogens with zero attached hydrogens (tertiary/aromatic N) is 1. The van der Waals surface area contributed by atoms with Gasteiger partial charge in [-0.3, -0.25) is 4.79 Å². The van der Waals surface area contributed by atoms with Crippen molar-refractivity contribution >= 4 is 17.5 Å². The Balaban J connectivity index is 1.64. The van der Waals surface area contributed by atoms with Gasteiger partial charge in [0.05, 0.1) is 0 Å². The van der Waals surface area contributed by atoms with E-state index < -0.39 is 0 Å². The van der Waals surface area contributed by atoms with Crippen molar-refractivity contribution in [1.82, 2.24) is 10.2 Å². The van der Waals surface area contributed by atoms with Crippen molar-refractivity contribution in [2.45, 2.75) is 31.7 Å². The molecule has 1 aliphatic heterocycles. The van der Waals surface area contributed by atoms with Crippen LogP contribution in [0.1, 0.15) is 25.7 Å². The number of nitrogens with one attached hydrogen (secondary N) is 1. The van der Waals surface area contributed by atoms with Crippen LogP contribution in [0, 0.1) is 5.92 Å². The summed E-state index contributed by atoms with van der Waals surface area (Å²) in [7, 11) is 0. The summed E-state index contributed by atoms with van der Waals surface area (Å²) in [6, 6.07) is 0.616. The Morgan fingerprint density at radius 2 is 1.93 bits per heavy atom. The van der Waals surface area contributed by atoms with Gasteiger partial charge >= 0.3 is 0 Å². The second-order valence-electron chi connectivity index (χ2n) is 4.64. The van der Waals surface area contributed by atoms with Crippen LogP contribution in [0.2, 0.25) is 0 Å². The number of alkyl halides is 1. The van der Waals surface area contributed by atoms with Gasteiger partial charge in [0.1, 0.15) is 5.88 Å². The van der Waals surface area contributed by atoms with Gasteiger partial charge in [0.2, 0.25) is 5.91 Å². The average molecular weight is 231 g/mol. The first-order valence-electron chi connectivity index (χ1n) is 5.86. The maximum Gasteiger partial charge on any atom is 0.237 e. The summed E-state index contributed by atoms with van der Waals surface area (Å²) in [5, 5.41) is 3.59. The lowest BCUT2D eigenvalue weighted by atomic mass is 10.0. The van der Waals surface area contributed by atoms with Crippen LogP contribution in [-0.2, 0) is 4.79 Å². The van der Waals surface area contributed by atoms with E-state index in [1.165, 1.54) is 19.4 Å². The first kappa shape index (κ1) is 11.2.